The lowest BCUT2D eigenvalue weighted by Gasteiger charge is -2.13. The molecule has 0 aliphatic carbocycles. The minimum Gasteiger partial charge on any atom is -0.492 e. The van der Waals surface area contributed by atoms with Gasteiger partial charge in [0.15, 0.2) is 5.78 Å². The van der Waals surface area contributed by atoms with Gasteiger partial charge in [-0.05, 0) is 31.4 Å². The molecule has 0 atom stereocenters. The minimum atomic E-state index is -1.09. The monoisotopic (exact) mass is 250 g/mol. The van der Waals surface area contributed by atoms with Gasteiger partial charge in [-0.3, -0.25) is 4.79 Å². The largest absolute Gasteiger partial charge is 0.492 e. The fraction of sp³-hybridized carbons (Fsp3) is 0.429. The van der Waals surface area contributed by atoms with Crippen LogP contribution in [0.3, 0.4) is 0 Å². The average molecular weight is 250 g/mol. The molecule has 0 amide bonds. The second-order valence-electron chi connectivity index (χ2n) is 4.57. The van der Waals surface area contributed by atoms with Gasteiger partial charge < -0.3 is 9.84 Å². The molecule has 0 bridgehead atoms. The second kappa shape index (κ2) is 6.19. The van der Waals surface area contributed by atoms with Gasteiger partial charge in [0.05, 0.1) is 12.2 Å². The van der Waals surface area contributed by atoms with Crippen LogP contribution in [0.4, 0.5) is 0 Å². The lowest BCUT2D eigenvalue weighted by molar-refractivity contribution is 0.0692. The third kappa shape index (κ3) is 3.58. The van der Waals surface area contributed by atoms with Crippen LogP contribution >= 0.6 is 0 Å². The Bertz CT molecular complexity index is 417. The molecule has 0 unspecified atom stereocenters. The number of rotatable bonds is 6. The summed E-state index contributed by atoms with van der Waals surface area (Å²) in [6.45, 7) is 5.91. The van der Waals surface area contributed by atoms with Crippen LogP contribution in [0.15, 0.2) is 18.2 Å². The van der Waals surface area contributed by atoms with Crippen molar-refractivity contribution >= 4 is 11.8 Å². The molecule has 98 valence electrons. The molecule has 0 saturated heterocycles. The number of para-hydroxylation sites is 1. The molecule has 0 saturated carbocycles. The predicted molar refractivity (Wildman–Crippen MR) is 68.4 cm³/mol. The second-order valence-corrected chi connectivity index (χ2v) is 4.57. The molecule has 1 rings (SSSR count). The van der Waals surface area contributed by atoms with Crippen molar-refractivity contribution in [2.24, 2.45) is 5.92 Å². The lowest BCUT2D eigenvalue weighted by Crippen LogP contribution is -2.10. The molecule has 1 aromatic carbocycles. The first kappa shape index (κ1) is 14.2. The van der Waals surface area contributed by atoms with E-state index in [0.29, 0.717) is 18.1 Å². The summed E-state index contributed by atoms with van der Waals surface area (Å²) < 4.78 is 5.50. The number of ether oxygens (including phenoxy) is 1. The van der Waals surface area contributed by atoms with Gasteiger partial charge in [-0.1, -0.05) is 19.9 Å². The van der Waals surface area contributed by atoms with Crippen LogP contribution in [-0.4, -0.2) is 23.5 Å². The number of carbonyl (C=O) groups excluding carboxylic acids is 1. The maximum atomic E-state index is 11.5. The number of ketones is 1. The summed E-state index contributed by atoms with van der Waals surface area (Å²) in [5.74, 6) is -0.642. The molecule has 4 heteroatoms. The molecular formula is C14H18O4. The van der Waals surface area contributed by atoms with E-state index in [2.05, 4.69) is 13.8 Å². The van der Waals surface area contributed by atoms with E-state index < -0.39 is 5.97 Å². The summed E-state index contributed by atoms with van der Waals surface area (Å²) in [7, 11) is 0. The molecule has 0 heterocycles. The maximum Gasteiger partial charge on any atom is 0.339 e. The van der Waals surface area contributed by atoms with Crippen LogP contribution in [0.5, 0.6) is 5.75 Å². The number of carbonyl (C=O) groups is 2. The molecule has 0 aliphatic rings. The van der Waals surface area contributed by atoms with Gasteiger partial charge in [0.25, 0.3) is 0 Å². The van der Waals surface area contributed by atoms with Crippen LogP contribution < -0.4 is 4.74 Å². The first-order valence-electron chi connectivity index (χ1n) is 5.93. The lowest BCUT2D eigenvalue weighted by atomic mass is 10.1. The number of carboxylic acids is 1. The molecule has 18 heavy (non-hydrogen) atoms. The Labute approximate surface area is 107 Å². The van der Waals surface area contributed by atoms with Crippen molar-refractivity contribution in [1.82, 2.24) is 0 Å². The summed E-state index contributed by atoms with van der Waals surface area (Å²) in [5.41, 5.74) is 0.352. The van der Waals surface area contributed by atoms with Gasteiger partial charge in [0, 0.05) is 0 Å². The highest BCUT2D eigenvalue weighted by Gasteiger charge is 2.17. The molecule has 0 radical (unpaired) electrons. The average Bonchev–Trinajstić information content (AvgIpc) is 2.28. The highest BCUT2D eigenvalue weighted by atomic mass is 16.5. The van der Waals surface area contributed by atoms with Gasteiger partial charge in [0.1, 0.15) is 11.3 Å². The number of aromatic carboxylic acids is 1. The normalized spacial score (nSPS) is 10.4. The molecule has 0 aliphatic heterocycles. The molecule has 1 aromatic rings. The highest BCUT2D eigenvalue weighted by molar-refractivity contribution is 6.01. The van der Waals surface area contributed by atoms with Crippen molar-refractivity contribution in [3.05, 3.63) is 29.3 Å². The predicted octanol–water partition coefficient (Wildman–Crippen LogP) is 3.01. The van der Waals surface area contributed by atoms with E-state index in [0.717, 1.165) is 6.42 Å². The number of carboxylic acid groups (broad SMARTS) is 1. The first-order chi connectivity index (χ1) is 8.43. The fourth-order valence-corrected chi connectivity index (χ4v) is 1.53. The Kier molecular flexibility index (Phi) is 4.89. The van der Waals surface area contributed by atoms with Gasteiger partial charge in [-0.2, -0.15) is 0 Å². The molecule has 0 aromatic heterocycles. The Morgan fingerprint density at radius 2 is 1.89 bits per heavy atom. The number of hydrogen-bond donors (Lipinski definition) is 1. The molecular weight excluding hydrogens is 232 g/mol. The molecule has 0 fully saturated rings. The summed E-state index contributed by atoms with van der Waals surface area (Å²) in [6.07, 6.45) is 0.811. The van der Waals surface area contributed by atoms with Gasteiger partial charge in [-0.25, -0.2) is 4.79 Å². The SMILES string of the molecule is CC(=O)c1cccc(C(=O)O)c1OCCC(C)C. The van der Waals surface area contributed by atoms with E-state index in [4.69, 9.17) is 9.84 Å². The van der Waals surface area contributed by atoms with Gasteiger partial charge in [0.2, 0.25) is 0 Å². The Morgan fingerprint density at radius 1 is 1.28 bits per heavy atom. The summed E-state index contributed by atoms with van der Waals surface area (Å²) >= 11 is 0. The first-order valence-corrected chi connectivity index (χ1v) is 5.93. The van der Waals surface area contributed by atoms with E-state index in [9.17, 15) is 9.59 Å². The Hall–Kier alpha value is -1.84. The molecule has 4 nitrogen and oxygen atoms in total. The Balaban J connectivity index is 3.03. The van der Waals surface area contributed by atoms with Crippen molar-refractivity contribution in [1.29, 1.82) is 0 Å². The van der Waals surface area contributed by atoms with Crippen LogP contribution in [0, 0.1) is 5.92 Å². The number of hydrogen-bond acceptors (Lipinski definition) is 3. The van der Waals surface area contributed by atoms with Crippen LogP contribution in [0.25, 0.3) is 0 Å². The van der Waals surface area contributed by atoms with E-state index in [1.807, 2.05) is 0 Å². The Morgan fingerprint density at radius 3 is 2.39 bits per heavy atom. The quantitative estimate of drug-likeness (QED) is 0.788. The zero-order valence-corrected chi connectivity index (χ0v) is 10.9. The van der Waals surface area contributed by atoms with E-state index in [1.54, 1.807) is 12.1 Å². The fourth-order valence-electron chi connectivity index (χ4n) is 1.53. The van der Waals surface area contributed by atoms with Crippen molar-refractivity contribution in [3.63, 3.8) is 0 Å². The zero-order valence-electron chi connectivity index (χ0n) is 10.9. The highest BCUT2D eigenvalue weighted by Crippen LogP contribution is 2.25. The van der Waals surface area contributed by atoms with Crippen molar-refractivity contribution in [2.75, 3.05) is 6.61 Å². The molecule has 1 N–H and O–H groups in total. The smallest absolute Gasteiger partial charge is 0.339 e. The third-order valence-electron chi connectivity index (χ3n) is 2.57. The van der Waals surface area contributed by atoms with Gasteiger partial charge >= 0.3 is 5.97 Å². The van der Waals surface area contributed by atoms with E-state index in [1.165, 1.54) is 13.0 Å². The van der Waals surface area contributed by atoms with Gasteiger partial charge in [-0.15, -0.1) is 0 Å². The minimum absolute atomic E-state index is 0.0338. The van der Waals surface area contributed by atoms with E-state index in [-0.39, 0.29) is 17.1 Å². The summed E-state index contributed by atoms with van der Waals surface area (Å²) in [6, 6.07) is 4.58. The molecule has 0 spiro atoms. The maximum absolute atomic E-state index is 11.5. The topological polar surface area (TPSA) is 63.6 Å². The van der Waals surface area contributed by atoms with Crippen LogP contribution in [0.1, 0.15) is 47.9 Å². The number of benzene rings is 1. The summed E-state index contributed by atoms with van der Waals surface area (Å²) in [5, 5.41) is 9.09. The summed E-state index contributed by atoms with van der Waals surface area (Å²) in [4.78, 5) is 22.6. The number of Topliss-reactive ketones (excluding diaryl/α,β-unsaturated/α-hetero) is 1. The van der Waals surface area contributed by atoms with Crippen LogP contribution in [0.2, 0.25) is 0 Å². The standard InChI is InChI=1S/C14H18O4/c1-9(2)7-8-18-13-11(10(3)15)5-4-6-12(13)14(16)17/h4-6,9H,7-8H2,1-3H3,(H,16,17). The van der Waals surface area contributed by atoms with Crippen LogP contribution in [-0.2, 0) is 0 Å². The van der Waals surface area contributed by atoms with E-state index >= 15 is 0 Å². The van der Waals surface area contributed by atoms with Crippen molar-refractivity contribution in [2.45, 2.75) is 27.2 Å². The third-order valence-corrected chi connectivity index (χ3v) is 2.57. The van der Waals surface area contributed by atoms with Crippen molar-refractivity contribution in [3.8, 4) is 5.75 Å². The zero-order chi connectivity index (χ0) is 13.7. The van der Waals surface area contributed by atoms with Crippen molar-refractivity contribution < 1.29 is 19.4 Å².